The zero-order valence-corrected chi connectivity index (χ0v) is 18.2. The molecule has 1 atom stereocenters. The summed E-state index contributed by atoms with van der Waals surface area (Å²) in [6, 6.07) is 10.6. The third kappa shape index (κ3) is 4.15. The van der Waals surface area contributed by atoms with Gasteiger partial charge in [-0.1, -0.05) is 37.3 Å². The number of thiophene rings is 1. The fourth-order valence-corrected chi connectivity index (χ4v) is 5.27. The van der Waals surface area contributed by atoms with E-state index in [1.165, 1.54) is 5.56 Å². The van der Waals surface area contributed by atoms with Crippen LogP contribution in [0.15, 0.2) is 41.5 Å². The Balaban J connectivity index is 1.42. The molecule has 3 aromatic rings. The van der Waals surface area contributed by atoms with Crippen molar-refractivity contribution in [3.63, 3.8) is 0 Å². The summed E-state index contributed by atoms with van der Waals surface area (Å²) in [5.74, 6) is 0.460. The molecular formula is C23H29N3O2S. The van der Waals surface area contributed by atoms with E-state index in [4.69, 9.17) is 0 Å². The highest BCUT2D eigenvalue weighted by atomic mass is 32.1. The summed E-state index contributed by atoms with van der Waals surface area (Å²) in [5.41, 5.74) is 1.46. The van der Waals surface area contributed by atoms with E-state index in [1.807, 2.05) is 19.9 Å². The van der Waals surface area contributed by atoms with Crippen molar-refractivity contribution in [2.24, 2.45) is 0 Å². The van der Waals surface area contributed by atoms with Gasteiger partial charge in [-0.05, 0) is 43.7 Å². The number of piperidine rings is 1. The van der Waals surface area contributed by atoms with Crippen LogP contribution in [0.2, 0.25) is 0 Å². The fraction of sp³-hybridized carbons (Fsp3) is 0.478. The summed E-state index contributed by atoms with van der Waals surface area (Å²) >= 11 is 1.56. The monoisotopic (exact) mass is 411 g/mol. The standard InChI is InChI=1S/C23H29N3O2S/c1-16(19-7-5-4-6-8-19)13-25-11-9-23(28,10-12-25)14-26-15-24-21-20(22(26)27)17(2)18(3)29-21/h4-8,15-16,28H,9-14H2,1-3H3. The van der Waals surface area contributed by atoms with Crippen LogP contribution in [0.3, 0.4) is 0 Å². The predicted octanol–water partition coefficient (Wildman–Crippen LogP) is 3.71. The number of aromatic nitrogens is 2. The molecule has 3 heterocycles. The van der Waals surface area contributed by atoms with E-state index >= 15 is 0 Å². The predicted molar refractivity (Wildman–Crippen MR) is 119 cm³/mol. The van der Waals surface area contributed by atoms with Crippen LogP contribution >= 0.6 is 11.3 Å². The number of aryl methyl sites for hydroxylation is 2. The van der Waals surface area contributed by atoms with Gasteiger partial charge in [-0.25, -0.2) is 4.98 Å². The molecule has 5 nitrogen and oxygen atoms in total. The van der Waals surface area contributed by atoms with Crippen molar-refractivity contribution in [2.75, 3.05) is 19.6 Å². The van der Waals surface area contributed by atoms with E-state index in [9.17, 15) is 9.90 Å². The first-order valence-electron chi connectivity index (χ1n) is 10.3. The summed E-state index contributed by atoms with van der Waals surface area (Å²) in [4.78, 5) is 21.8. The van der Waals surface area contributed by atoms with E-state index in [0.717, 1.165) is 34.9 Å². The van der Waals surface area contributed by atoms with Gasteiger partial charge in [-0.3, -0.25) is 9.36 Å². The molecule has 6 heteroatoms. The van der Waals surface area contributed by atoms with Gasteiger partial charge in [0, 0.05) is 24.5 Å². The Morgan fingerprint density at radius 3 is 2.59 bits per heavy atom. The Kier molecular flexibility index (Phi) is 5.60. The molecule has 2 aromatic heterocycles. The SMILES string of the molecule is Cc1sc2ncn(CC3(O)CCN(CC(C)c4ccccc4)CC3)c(=O)c2c1C. The minimum absolute atomic E-state index is 0.0367. The van der Waals surface area contributed by atoms with Crippen LogP contribution in [0.25, 0.3) is 10.2 Å². The summed E-state index contributed by atoms with van der Waals surface area (Å²) in [6.07, 6.45) is 2.93. The van der Waals surface area contributed by atoms with Crippen molar-refractivity contribution < 1.29 is 5.11 Å². The largest absolute Gasteiger partial charge is 0.388 e. The first-order valence-corrected chi connectivity index (χ1v) is 11.1. The maximum atomic E-state index is 13.0. The Morgan fingerprint density at radius 1 is 1.21 bits per heavy atom. The van der Waals surface area contributed by atoms with Gasteiger partial charge >= 0.3 is 0 Å². The van der Waals surface area contributed by atoms with Gasteiger partial charge in [0.1, 0.15) is 4.83 Å². The highest BCUT2D eigenvalue weighted by Gasteiger charge is 2.33. The highest BCUT2D eigenvalue weighted by Crippen LogP contribution is 2.28. The third-order valence-electron chi connectivity index (χ3n) is 6.31. The highest BCUT2D eigenvalue weighted by molar-refractivity contribution is 7.18. The average molecular weight is 412 g/mol. The van der Waals surface area contributed by atoms with Crippen molar-refractivity contribution in [1.29, 1.82) is 0 Å². The van der Waals surface area contributed by atoms with E-state index in [2.05, 4.69) is 41.1 Å². The molecule has 4 rings (SSSR count). The molecule has 0 aliphatic carbocycles. The van der Waals surface area contributed by atoms with Crippen LogP contribution in [0.1, 0.15) is 41.7 Å². The number of likely N-dealkylation sites (tertiary alicyclic amines) is 1. The Morgan fingerprint density at radius 2 is 1.90 bits per heavy atom. The molecule has 0 amide bonds. The van der Waals surface area contributed by atoms with Crippen LogP contribution in [0.4, 0.5) is 0 Å². The minimum atomic E-state index is -0.857. The van der Waals surface area contributed by atoms with Crippen molar-refractivity contribution in [2.45, 2.75) is 51.7 Å². The molecule has 1 aliphatic heterocycles. The van der Waals surface area contributed by atoms with Gasteiger partial charge in [0.05, 0.1) is 23.9 Å². The van der Waals surface area contributed by atoms with Gasteiger partial charge in [0.2, 0.25) is 0 Å². The molecule has 1 N–H and O–H groups in total. The molecule has 1 fully saturated rings. The Hall–Kier alpha value is -2.02. The molecule has 1 saturated heterocycles. The van der Waals surface area contributed by atoms with Gasteiger partial charge < -0.3 is 10.0 Å². The molecule has 1 aromatic carbocycles. The molecule has 154 valence electrons. The normalized spacial score (nSPS) is 18.2. The van der Waals surface area contributed by atoms with Gasteiger partial charge in [-0.15, -0.1) is 11.3 Å². The van der Waals surface area contributed by atoms with Crippen molar-refractivity contribution in [3.8, 4) is 0 Å². The lowest BCUT2D eigenvalue weighted by Gasteiger charge is -2.39. The summed E-state index contributed by atoms with van der Waals surface area (Å²) < 4.78 is 1.60. The zero-order chi connectivity index (χ0) is 20.6. The Bertz CT molecular complexity index is 1050. The van der Waals surface area contributed by atoms with Crippen LogP contribution < -0.4 is 5.56 Å². The lowest BCUT2D eigenvalue weighted by molar-refractivity contribution is -0.0355. The van der Waals surface area contributed by atoms with Crippen LogP contribution in [-0.4, -0.2) is 44.8 Å². The molecule has 29 heavy (non-hydrogen) atoms. The topological polar surface area (TPSA) is 58.4 Å². The number of hydrogen-bond donors (Lipinski definition) is 1. The van der Waals surface area contributed by atoms with Crippen LogP contribution in [0, 0.1) is 13.8 Å². The van der Waals surface area contributed by atoms with E-state index < -0.39 is 5.60 Å². The van der Waals surface area contributed by atoms with Crippen LogP contribution in [-0.2, 0) is 6.54 Å². The number of benzene rings is 1. The summed E-state index contributed by atoms with van der Waals surface area (Å²) in [5, 5.41) is 11.9. The van der Waals surface area contributed by atoms with Crippen molar-refractivity contribution in [3.05, 3.63) is 63.0 Å². The number of fused-ring (bicyclic) bond motifs is 1. The summed E-state index contributed by atoms with van der Waals surface area (Å²) in [7, 11) is 0. The average Bonchev–Trinajstić information content (AvgIpc) is 3.01. The van der Waals surface area contributed by atoms with Gasteiger partial charge in [0.25, 0.3) is 5.56 Å². The smallest absolute Gasteiger partial charge is 0.262 e. The molecule has 0 bridgehead atoms. The molecule has 1 aliphatic rings. The molecule has 1 unspecified atom stereocenters. The molecule has 0 saturated carbocycles. The number of nitrogens with zero attached hydrogens (tertiary/aromatic N) is 3. The van der Waals surface area contributed by atoms with Crippen LogP contribution in [0.5, 0.6) is 0 Å². The third-order valence-corrected chi connectivity index (χ3v) is 7.42. The Labute approximate surface area is 175 Å². The second-order valence-electron chi connectivity index (χ2n) is 8.48. The number of aliphatic hydroxyl groups is 1. The minimum Gasteiger partial charge on any atom is -0.388 e. The second kappa shape index (κ2) is 8.01. The van der Waals surface area contributed by atoms with E-state index in [1.54, 1.807) is 22.2 Å². The first kappa shape index (κ1) is 20.3. The van der Waals surface area contributed by atoms with Gasteiger partial charge in [0.15, 0.2) is 0 Å². The number of rotatable bonds is 5. The van der Waals surface area contributed by atoms with Crippen molar-refractivity contribution >= 4 is 21.6 Å². The molecule has 0 radical (unpaired) electrons. The number of hydrogen-bond acceptors (Lipinski definition) is 5. The van der Waals surface area contributed by atoms with Crippen molar-refractivity contribution in [1.82, 2.24) is 14.5 Å². The van der Waals surface area contributed by atoms with E-state index in [-0.39, 0.29) is 5.56 Å². The maximum absolute atomic E-state index is 13.0. The summed E-state index contributed by atoms with van der Waals surface area (Å²) in [6.45, 7) is 9.23. The molecular weight excluding hydrogens is 382 g/mol. The fourth-order valence-electron chi connectivity index (χ4n) is 4.28. The first-order chi connectivity index (χ1) is 13.9. The zero-order valence-electron chi connectivity index (χ0n) is 17.4. The lowest BCUT2D eigenvalue weighted by Crippen LogP contribution is -2.48. The van der Waals surface area contributed by atoms with Gasteiger partial charge in [-0.2, -0.15) is 0 Å². The molecule has 0 spiro atoms. The van der Waals surface area contributed by atoms with E-state index in [0.29, 0.717) is 30.7 Å². The lowest BCUT2D eigenvalue weighted by atomic mass is 9.90. The second-order valence-corrected chi connectivity index (χ2v) is 9.68. The maximum Gasteiger partial charge on any atom is 0.262 e. The quantitative estimate of drug-likeness (QED) is 0.695.